The maximum atomic E-state index is 9.74. The van der Waals surface area contributed by atoms with Crippen LogP contribution in [0.25, 0.3) is 0 Å². The van der Waals surface area contributed by atoms with E-state index in [4.69, 9.17) is 0 Å². The van der Waals surface area contributed by atoms with Gasteiger partial charge in [0.05, 0.1) is 12.1 Å². The van der Waals surface area contributed by atoms with Gasteiger partial charge in [-0.3, -0.25) is 4.90 Å². The molecule has 0 amide bonds. The Morgan fingerprint density at radius 3 is 1.38 bits per heavy atom. The summed E-state index contributed by atoms with van der Waals surface area (Å²) in [4.78, 5) is 2.40. The van der Waals surface area contributed by atoms with Crippen molar-refractivity contribution in [3.8, 4) is 0 Å². The molecule has 1 N–H and O–H groups in total. The van der Waals surface area contributed by atoms with Gasteiger partial charge in [0.2, 0.25) is 0 Å². The third-order valence-electron chi connectivity index (χ3n) is 4.93. The van der Waals surface area contributed by atoms with Gasteiger partial charge in [-0.05, 0) is 16.7 Å². The zero-order valence-electron chi connectivity index (χ0n) is 13.5. The largest absolute Gasteiger partial charge is 0.395 e. The first-order valence-electron chi connectivity index (χ1n) is 8.41. The Labute approximate surface area is 143 Å². The zero-order valence-corrected chi connectivity index (χ0v) is 13.5. The van der Waals surface area contributed by atoms with Crippen LogP contribution in [0, 0.1) is 0 Å². The Morgan fingerprint density at radius 1 is 0.708 bits per heavy atom. The molecule has 1 aliphatic heterocycles. The minimum atomic E-state index is -0.364. The summed E-state index contributed by atoms with van der Waals surface area (Å²) in [6.07, 6.45) is 0. The average molecular weight is 315 g/mol. The summed E-state index contributed by atoms with van der Waals surface area (Å²) in [5.74, 6) is 0. The second-order valence-electron chi connectivity index (χ2n) is 6.30. The Hall–Kier alpha value is -2.42. The molecule has 0 saturated carbocycles. The Morgan fingerprint density at radius 2 is 1.08 bits per heavy atom. The molecule has 2 atom stereocenters. The van der Waals surface area contributed by atoms with E-state index in [0.29, 0.717) is 0 Å². The van der Waals surface area contributed by atoms with E-state index in [1.54, 1.807) is 0 Å². The molecule has 3 aromatic carbocycles. The maximum Gasteiger partial charge on any atom is 0.0977 e. The number of rotatable bonds is 5. The molecule has 0 bridgehead atoms. The highest BCUT2D eigenvalue weighted by molar-refractivity contribution is 5.51. The summed E-state index contributed by atoms with van der Waals surface area (Å²) in [5, 5.41) is 9.74. The van der Waals surface area contributed by atoms with E-state index < -0.39 is 0 Å². The van der Waals surface area contributed by atoms with E-state index in [1.165, 1.54) is 16.7 Å². The van der Waals surface area contributed by atoms with Gasteiger partial charge in [-0.15, -0.1) is 0 Å². The fourth-order valence-electron chi connectivity index (χ4n) is 3.78. The van der Waals surface area contributed by atoms with Gasteiger partial charge < -0.3 is 5.11 Å². The van der Waals surface area contributed by atoms with Crippen molar-refractivity contribution in [1.82, 2.24) is 4.90 Å². The molecule has 24 heavy (non-hydrogen) atoms. The van der Waals surface area contributed by atoms with Crippen molar-refractivity contribution in [2.45, 2.75) is 11.6 Å². The standard InChI is InChI=1S/C22H21NO/c24-17-21-16-23(21)22(18-10-4-1-5-11-18,19-12-6-2-7-13-19)20-14-8-3-9-15-20/h1-15,21,24H,16-17H2/t21-,23?/m1/s1. The van der Waals surface area contributed by atoms with Crippen LogP contribution in [0.5, 0.6) is 0 Å². The van der Waals surface area contributed by atoms with Crippen molar-refractivity contribution in [2.75, 3.05) is 13.2 Å². The number of aliphatic hydroxyl groups is 1. The van der Waals surface area contributed by atoms with E-state index in [-0.39, 0.29) is 18.2 Å². The molecule has 2 nitrogen and oxygen atoms in total. The molecule has 0 radical (unpaired) electrons. The quantitative estimate of drug-likeness (QED) is 0.574. The molecule has 0 aromatic heterocycles. The normalized spacial score (nSPS) is 19.9. The van der Waals surface area contributed by atoms with Crippen LogP contribution in [0.3, 0.4) is 0 Å². The van der Waals surface area contributed by atoms with Crippen LogP contribution in [-0.4, -0.2) is 29.2 Å². The Bertz CT molecular complexity index is 689. The number of aliphatic hydroxyl groups excluding tert-OH is 1. The molecule has 0 aliphatic carbocycles. The number of hydrogen-bond acceptors (Lipinski definition) is 2. The van der Waals surface area contributed by atoms with E-state index in [1.807, 2.05) is 0 Å². The molecular weight excluding hydrogens is 294 g/mol. The van der Waals surface area contributed by atoms with Gasteiger partial charge in [0.1, 0.15) is 0 Å². The van der Waals surface area contributed by atoms with Gasteiger partial charge in [-0.2, -0.15) is 0 Å². The van der Waals surface area contributed by atoms with Crippen LogP contribution in [0.1, 0.15) is 16.7 Å². The summed E-state index contributed by atoms with van der Waals surface area (Å²) in [7, 11) is 0. The van der Waals surface area contributed by atoms with Crippen molar-refractivity contribution >= 4 is 0 Å². The summed E-state index contributed by atoms with van der Waals surface area (Å²) < 4.78 is 0. The SMILES string of the molecule is OC[C@H]1CN1C(c1ccccc1)(c1ccccc1)c1ccccc1. The average Bonchev–Trinajstić information content (AvgIpc) is 3.45. The smallest absolute Gasteiger partial charge is 0.0977 e. The molecule has 1 fully saturated rings. The fraction of sp³-hybridized carbons (Fsp3) is 0.182. The molecule has 1 saturated heterocycles. The first kappa shape index (κ1) is 15.1. The van der Waals surface area contributed by atoms with Gasteiger partial charge in [-0.25, -0.2) is 0 Å². The third kappa shape index (κ3) is 2.35. The highest BCUT2D eigenvalue weighted by atomic mass is 16.3. The van der Waals surface area contributed by atoms with Crippen LogP contribution in [0.2, 0.25) is 0 Å². The van der Waals surface area contributed by atoms with Crippen LogP contribution in [0.4, 0.5) is 0 Å². The first-order valence-corrected chi connectivity index (χ1v) is 8.41. The third-order valence-corrected chi connectivity index (χ3v) is 4.93. The number of hydrogen-bond donors (Lipinski definition) is 1. The molecule has 1 unspecified atom stereocenters. The lowest BCUT2D eigenvalue weighted by Gasteiger charge is -2.38. The molecule has 1 aliphatic rings. The minimum absolute atomic E-state index is 0.189. The van der Waals surface area contributed by atoms with Crippen molar-refractivity contribution < 1.29 is 5.11 Å². The van der Waals surface area contributed by atoms with Crippen molar-refractivity contribution in [3.05, 3.63) is 108 Å². The van der Waals surface area contributed by atoms with Gasteiger partial charge in [0.25, 0.3) is 0 Å². The van der Waals surface area contributed by atoms with E-state index in [0.717, 1.165) is 6.54 Å². The van der Waals surface area contributed by atoms with E-state index >= 15 is 0 Å². The zero-order chi connectivity index (χ0) is 16.4. The van der Waals surface area contributed by atoms with Crippen molar-refractivity contribution in [3.63, 3.8) is 0 Å². The second-order valence-corrected chi connectivity index (χ2v) is 6.30. The summed E-state index contributed by atoms with van der Waals surface area (Å²) in [5.41, 5.74) is 3.34. The maximum absolute atomic E-state index is 9.74. The number of benzene rings is 3. The second kappa shape index (κ2) is 6.23. The molecule has 3 aromatic rings. The highest BCUT2D eigenvalue weighted by Gasteiger charge is 2.52. The minimum Gasteiger partial charge on any atom is -0.395 e. The molecule has 1 heterocycles. The molecule has 4 rings (SSSR count). The lowest BCUT2D eigenvalue weighted by Crippen LogP contribution is -2.39. The fourth-order valence-corrected chi connectivity index (χ4v) is 3.78. The van der Waals surface area contributed by atoms with Crippen LogP contribution in [-0.2, 0) is 5.54 Å². The van der Waals surface area contributed by atoms with Crippen molar-refractivity contribution in [1.29, 1.82) is 0 Å². The van der Waals surface area contributed by atoms with Crippen LogP contribution < -0.4 is 0 Å². The van der Waals surface area contributed by atoms with Gasteiger partial charge in [0, 0.05) is 12.6 Å². The molecule has 120 valence electrons. The Kier molecular flexibility index (Phi) is 3.93. The number of nitrogens with zero attached hydrogens (tertiary/aromatic N) is 1. The van der Waals surface area contributed by atoms with E-state index in [9.17, 15) is 5.11 Å². The molecule has 2 heteroatoms. The monoisotopic (exact) mass is 315 g/mol. The molecular formula is C22H21NO. The first-order chi connectivity index (χ1) is 11.9. The lowest BCUT2D eigenvalue weighted by molar-refractivity contribution is 0.237. The van der Waals surface area contributed by atoms with Gasteiger partial charge in [-0.1, -0.05) is 91.0 Å². The summed E-state index contributed by atoms with van der Waals surface area (Å²) in [6, 6.07) is 32.0. The van der Waals surface area contributed by atoms with Crippen molar-refractivity contribution in [2.24, 2.45) is 0 Å². The summed E-state index contributed by atoms with van der Waals surface area (Å²) >= 11 is 0. The van der Waals surface area contributed by atoms with Crippen LogP contribution >= 0.6 is 0 Å². The molecule has 0 spiro atoms. The van der Waals surface area contributed by atoms with Gasteiger partial charge in [0.15, 0.2) is 0 Å². The van der Waals surface area contributed by atoms with Crippen LogP contribution in [0.15, 0.2) is 91.0 Å². The predicted molar refractivity (Wildman–Crippen MR) is 96.8 cm³/mol. The topological polar surface area (TPSA) is 23.2 Å². The predicted octanol–water partition coefficient (Wildman–Crippen LogP) is 3.66. The Balaban J connectivity index is 2.00. The summed E-state index contributed by atoms with van der Waals surface area (Å²) in [6.45, 7) is 1.09. The lowest BCUT2D eigenvalue weighted by atomic mass is 9.76. The van der Waals surface area contributed by atoms with Gasteiger partial charge >= 0.3 is 0 Å². The van der Waals surface area contributed by atoms with E-state index in [2.05, 4.69) is 95.9 Å². The highest BCUT2D eigenvalue weighted by Crippen LogP contribution is 2.47.